The summed E-state index contributed by atoms with van der Waals surface area (Å²) in [6, 6.07) is 16.6. The Hall–Kier alpha value is -0.761. The summed E-state index contributed by atoms with van der Waals surface area (Å²) in [5, 5.41) is 0. The van der Waals surface area contributed by atoms with Gasteiger partial charge in [0.25, 0.3) is 0 Å². The van der Waals surface area contributed by atoms with Gasteiger partial charge in [-0.1, -0.05) is 0 Å². The molecule has 0 amide bonds. The van der Waals surface area contributed by atoms with Gasteiger partial charge in [0, 0.05) is 0 Å². The molecule has 2 rings (SSSR count). The summed E-state index contributed by atoms with van der Waals surface area (Å²) in [5.74, 6) is 0.965. The van der Waals surface area contributed by atoms with Gasteiger partial charge in [0.1, 0.15) is 0 Å². The minimum absolute atomic E-state index is 0.288. The first-order chi connectivity index (χ1) is 7.79. The maximum absolute atomic E-state index is 5.37. The predicted molar refractivity (Wildman–Crippen MR) is 72.2 cm³/mol. The molecule has 0 saturated heterocycles. The monoisotopic (exact) mass is 342 g/mol. The van der Waals surface area contributed by atoms with Gasteiger partial charge in [0.15, 0.2) is 0 Å². The van der Waals surface area contributed by atoms with Gasteiger partial charge in [-0.25, -0.2) is 0 Å². The fourth-order valence-corrected chi connectivity index (χ4v) is 4.11. The zero-order chi connectivity index (χ0) is 11.4. The molecular weight excluding hydrogens is 331 g/mol. The zero-order valence-corrected chi connectivity index (χ0v) is 12.1. The molecule has 3 heteroatoms. The molecule has 0 bridgehead atoms. The molecule has 16 heavy (non-hydrogen) atoms. The van der Waals surface area contributed by atoms with Crippen molar-refractivity contribution < 1.29 is 4.74 Å². The quantitative estimate of drug-likeness (QED) is 0.777. The van der Waals surface area contributed by atoms with Crippen LogP contribution in [0.2, 0.25) is 0 Å². The van der Waals surface area contributed by atoms with Crippen molar-refractivity contribution in [3.8, 4) is 5.75 Å². The van der Waals surface area contributed by atoms with Crippen molar-refractivity contribution in [2.75, 3.05) is 7.11 Å². The van der Waals surface area contributed by atoms with Gasteiger partial charge in [-0.05, 0) is 0 Å². The number of hydrogen-bond acceptors (Lipinski definition) is 1. The second-order valence-electron chi connectivity index (χ2n) is 3.21. The van der Waals surface area contributed by atoms with Crippen molar-refractivity contribution in [2.24, 2.45) is 0 Å². The van der Waals surface area contributed by atoms with E-state index in [1.165, 1.54) is 8.92 Å². The number of benzene rings is 2. The van der Waals surface area contributed by atoms with E-state index in [1.54, 1.807) is 7.11 Å². The molecule has 0 atom stereocenters. The Bertz CT molecular complexity index is 471. The van der Waals surface area contributed by atoms with Crippen LogP contribution >= 0.6 is 15.9 Å². The van der Waals surface area contributed by atoms with Gasteiger partial charge in [-0.3, -0.25) is 0 Å². The van der Waals surface area contributed by atoms with E-state index in [2.05, 4.69) is 46.3 Å². The Balaban J connectivity index is 2.30. The van der Waals surface area contributed by atoms with Gasteiger partial charge in [-0.2, -0.15) is 0 Å². The maximum atomic E-state index is 5.37. The van der Waals surface area contributed by atoms with E-state index in [-0.39, 0.29) is 15.0 Å². The summed E-state index contributed by atoms with van der Waals surface area (Å²) in [6.07, 6.45) is 0. The Morgan fingerprint density at radius 2 is 1.81 bits per heavy atom. The van der Waals surface area contributed by atoms with Crippen LogP contribution in [0.4, 0.5) is 0 Å². The first-order valence-corrected chi connectivity index (χ1v) is 7.36. The van der Waals surface area contributed by atoms with Crippen LogP contribution in [0.1, 0.15) is 0 Å². The molecule has 0 N–H and O–H groups in total. The summed E-state index contributed by atoms with van der Waals surface area (Å²) >= 11 is 3.78. The van der Waals surface area contributed by atoms with Gasteiger partial charge in [0.05, 0.1) is 0 Å². The molecule has 0 spiro atoms. The molecule has 2 aromatic carbocycles. The first-order valence-electron chi connectivity index (χ1n) is 4.86. The van der Waals surface area contributed by atoms with E-state index in [1.807, 2.05) is 18.2 Å². The average Bonchev–Trinajstić information content (AvgIpc) is 2.31. The fraction of sp³-hybridized carbons (Fsp3) is 0.0769. The predicted octanol–water partition coefficient (Wildman–Crippen LogP) is 2.11. The molecule has 0 aliphatic rings. The van der Waals surface area contributed by atoms with Crippen molar-refractivity contribution in [2.45, 2.75) is 0 Å². The van der Waals surface area contributed by atoms with Crippen LogP contribution < -0.4 is 13.7 Å². The van der Waals surface area contributed by atoms with E-state index in [0.717, 1.165) is 10.2 Å². The molecule has 82 valence electrons. The van der Waals surface area contributed by atoms with Crippen LogP contribution in [0.25, 0.3) is 0 Å². The number of methoxy groups -OCH3 is 1. The third-order valence-corrected chi connectivity index (χ3v) is 4.79. The van der Waals surface area contributed by atoms with Crippen LogP contribution in [0.15, 0.2) is 53.0 Å². The van der Waals surface area contributed by atoms with Crippen LogP contribution in [0, 0.1) is 0 Å². The normalized spacial score (nSPS) is 10.1. The Kier molecular flexibility index (Phi) is 4.05. The molecular formula is C13H11BrOSe. The van der Waals surface area contributed by atoms with Crippen molar-refractivity contribution >= 4 is 39.8 Å². The molecule has 0 unspecified atom stereocenters. The van der Waals surface area contributed by atoms with Gasteiger partial charge in [0.2, 0.25) is 0 Å². The summed E-state index contributed by atoms with van der Waals surface area (Å²) in [5.41, 5.74) is 0. The standard InChI is InChI=1S/C13H11BrOSe/c1-15-12-8-7-10(14)9-13(12)16-11-5-3-2-4-6-11/h2-9H,1H3. The average molecular weight is 342 g/mol. The van der Waals surface area contributed by atoms with Crippen LogP contribution in [0.3, 0.4) is 0 Å². The van der Waals surface area contributed by atoms with Crippen molar-refractivity contribution in [3.63, 3.8) is 0 Å². The second kappa shape index (κ2) is 5.53. The third kappa shape index (κ3) is 2.88. The topological polar surface area (TPSA) is 9.23 Å². The fourth-order valence-electron chi connectivity index (χ4n) is 1.35. The molecule has 1 nitrogen and oxygen atoms in total. The van der Waals surface area contributed by atoms with Crippen LogP contribution in [-0.4, -0.2) is 22.1 Å². The summed E-state index contributed by atoms with van der Waals surface area (Å²) in [4.78, 5) is 0. The third-order valence-electron chi connectivity index (χ3n) is 2.10. The van der Waals surface area contributed by atoms with Gasteiger partial charge in [-0.15, -0.1) is 0 Å². The summed E-state index contributed by atoms with van der Waals surface area (Å²) in [7, 11) is 1.72. The van der Waals surface area contributed by atoms with Crippen LogP contribution in [0.5, 0.6) is 5.75 Å². The van der Waals surface area contributed by atoms with Crippen molar-refractivity contribution in [1.82, 2.24) is 0 Å². The van der Waals surface area contributed by atoms with E-state index in [0.29, 0.717) is 0 Å². The second-order valence-corrected chi connectivity index (χ2v) is 6.47. The molecule has 0 saturated carbocycles. The minimum atomic E-state index is 0.288. The first kappa shape index (κ1) is 11.7. The van der Waals surface area contributed by atoms with E-state index in [4.69, 9.17) is 4.74 Å². The van der Waals surface area contributed by atoms with E-state index in [9.17, 15) is 0 Å². The summed E-state index contributed by atoms with van der Waals surface area (Å²) < 4.78 is 9.08. The van der Waals surface area contributed by atoms with Gasteiger partial charge >= 0.3 is 110 Å². The molecule has 0 aliphatic heterocycles. The van der Waals surface area contributed by atoms with Crippen molar-refractivity contribution in [1.29, 1.82) is 0 Å². The zero-order valence-electron chi connectivity index (χ0n) is 8.81. The Morgan fingerprint density at radius 1 is 1.06 bits per heavy atom. The summed E-state index contributed by atoms with van der Waals surface area (Å²) in [6.45, 7) is 0. The molecule has 0 radical (unpaired) electrons. The van der Waals surface area contributed by atoms with E-state index >= 15 is 0 Å². The number of hydrogen-bond donors (Lipinski definition) is 0. The van der Waals surface area contributed by atoms with E-state index < -0.39 is 0 Å². The molecule has 2 aromatic rings. The van der Waals surface area contributed by atoms with Crippen LogP contribution in [-0.2, 0) is 0 Å². The molecule has 0 aromatic heterocycles. The SMILES string of the molecule is COc1ccc(Br)cc1[Se]c1ccccc1. The molecule has 0 heterocycles. The number of ether oxygens (including phenoxy) is 1. The van der Waals surface area contributed by atoms with Gasteiger partial charge < -0.3 is 0 Å². The Labute approximate surface area is 110 Å². The molecule has 0 fully saturated rings. The molecule has 0 aliphatic carbocycles. The number of rotatable bonds is 3. The van der Waals surface area contributed by atoms with Crippen molar-refractivity contribution in [3.05, 3.63) is 53.0 Å². The number of halogens is 1. The Morgan fingerprint density at radius 3 is 2.50 bits per heavy atom.